The molecule has 0 fully saturated rings. The zero-order chi connectivity index (χ0) is 13.7. The molecule has 96 valence electrons. The molecule has 9 heteroatoms. The van der Waals surface area contributed by atoms with Crippen molar-refractivity contribution in [2.24, 2.45) is 16.5 Å². The van der Waals surface area contributed by atoms with Crippen molar-refractivity contribution in [1.29, 1.82) is 0 Å². The summed E-state index contributed by atoms with van der Waals surface area (Å²) >= 11 is 0. The lowest BCUT2D eigenvalue weighted by molar-refractivity contribution is -0.385. The van der Waals surface area contributed by atoms with E-state index >= 15 is 0 Å². The number of benzene rings is 1. The van der Waals surface area contributed by atoms with Gasteiger partial charge in [0.05, 0.1) is 17.7 Å². The van der Waals surface area contributed by atoms with Gasteiger partial charge in [-0.2, -0.15) is 4.99 Å². The van der Waals surface area contributed by atoms with Gasteiger partial charge in [0.25, 0.3) is 0 Å². The molecule has 0 saturated carbocycles. The average Bonchev–Trinajstić information content (AvgIpc) is 2.27. The lowest BCUT2D eigenvalue weighted by atomic mass is 10.2. The van der Waals surface area contributed by atoms with Crippen LogP contribution in [0.15, 0.2) is 23.2 Å². The van der Waals surface area contributed by atoms with Crippen molar-refractivity contribution in [3.8, 4) is 5.75 Å². The van der Waals surface area contributed by atoms with Gasteiger partial charge in [-0.05, 0) is 6.07 Å². The van der Waals surface area contributed by atoms with Gasteiger partial charge in [0, 0.05) is 6.07 Å². The Hall–Kier alpha value is -2.84. The fourth-order valence-corrected chi connectivity index (χ4v) is 1.24. The Balaban J connectivity index is 3.10. The molecule has 0 saturated heterocycles. The summed E-state index contributed by atoms with van der Waals surface area (Å²) in [6.07, 6.45) is 0. The highest BCUT2D eigenvalue weighted by atomic mass is 16.6. The van der Waals surface area contributed by atoms with Crippen molar-refractivity contribution in [3.05, 3.63) is 28.3 Å². The SMILES string of the molecule is COc1c(NC(=O)N=C(N)N)cccc1[N+](=O)[O-]. The fraction of sp³-hybridized carbons (Fsp3) is 0.111. The lowest BCUT2D eigenvalue weighted by Gasteiger charge is -2.08. The van der Waals surface area contributed by atoms with Crippen molar-refractivity contribution >= 4 is 23.4 Å². The Morgan fingerprint density at radius 3 is 2.67 bits per heavy atom. The normalized spacial score (nSPS) is 9.39. The number of methoxy groups -OCH3 is 1. The van der Waals surface area contributed by atoms with Crippen LogP contribution in [-0.2, 0) is 0 Å². The number of carbonyl (C=O) groups is 1. The molecule has 0 unspecified atom stereocenters. The number of aliphatic imine (C=N–C) groups is 1. The minimum absolute atomic E-state index is 0.0818. The van der Waals surface area contributed by atoms with E-state index in [1.54, 1.807) is 0 Å². The van der Waals surface area contributed by atoms with Crippen LogP contribution in [-0.4, -0.2) is 24.0 Å². The number of anilines is 1. The molecular weight excluding hydrogens is 242 g/mol. The topological polar surface area (TPSA) is 146 Å². The van der Waals surface area contributed by atoms with E-state index in [9.17, 15) is 14.9 Å². The highest BCUT2D eigenvalue weighted by Gasteiger charge is 2.19. The van der Waals surface area contributed by atoms with Crippen molar-refractivity contribution in [1.82, 2.24) is 0 Å². The van der Waals surface area contributed by atoms with Crippen molar-refractivity contribution in [2.45, 2.75) is 0 Å². The number of carbonyl (C=O) groups excluding carboxylic acids is 1. The van der Waals surface area contributed by atoms with Crippen molar-refractivity contribution in [3.63, 3.8) is 0 Å². The van der Waals surface area contributed by atoms with Gasteiger partial charge in [-0.25, -0.2) is 4.79 Å². The number of nitrogens with two attached hydrogens (primary N) is 2. The van der Waals surface area contributed by atoms with Gasteiger partial charge >= 0.3 is 11.7 Å². The van der Waals surface area contributed by atoms with Gasteiger partial charge < -0.3 is 21.5 Å². The second kappa shape index (κ2) is 5.48. The summed E-state index contributed by atoms with van der Waals surface area (Å²) in [4.78, 5) is 24.6. The third-order valence-corrected chi connectivity index (χ3v) is 1.87. The van der Waals surface area contributed by atoms with Crippen molar-refractivity contribution < 1.29 is 14.5 Å². The van der Waals surface area contributed by atoms with Crippen LogP contribution in [0.5, 0.6) is 5.75 Å². The van der Waals surface area contributed by atoms with E-state index < -0.39 is 16.9 Å². The fourth-order valence-electron chi connectivity index (χ4n) is 1.24. The number of hydrogen-bond donors (Lipinski definition) is 3. The predicted molar refractivity (Wildman–Crippen MR) is 64.5 cm³/mol. The molecule has 1 aromatic carbocycles. The summed E-state index contributed by atoms with van der Waals surface area (Å²) in [7, 11) is 1.25. The Morgan fingerprint density at radius 2 is 2.17 bits per heavy atom. The summed E-state index contributed by atoms with van der Waals surface area (Å²) in [6, 6.07) is 3.21. The standard InChI is InChI=1S/C9H11N5O4/c1-18-7-5(12-9(15)13-8(10)11)3-2-4-6(7)14(16)17/h2-4H,1H3,(H5,10,11,12,13,15). The number of amides is 2. The number of rotatable bonds is 3. The maximum Gasteiger partial charge on any atom is 0.348 e. The molecule has 18 heavy (non-hydrogen) atoms. The quantitative estimate of drug-likeness (QED) is 0.307. The van der Waals surface area contributed by atoms with Crippen LogP contribution in [0.25, 0.3) is 0 Å². The molecule has 0 heterocycles. The van der Waals surface area contributed by atoms with Crippen LogP contribution in [0.2, 0.25) is 0 Å². The maximum atomic E-state index is 11.3. The largest absolute Gasteiger partial charge is 0.489 e. The maximum absolute atomic E-state index is 11.3. The third-order valence-electron chi connectivity index (χ3n) is 1.87. The molecule has 0 aromatic heterocycles. The molecule has 9 nitrogen and oxygen atoms in total. The summed E-state index contributed by atoms with van der Waals surface area (Å²) in [5.74, 6) is -0.501. The second-order valence-corrected chi connectivity index (χ2v) is 3.08. The van der Waals surface area contributed by atoms with Gasteiger partial charge in [0.15, 0.2) is 5.96 Å². The second-order valence-electron chi connectivity index (χ2n) is 3.08. The first-order valence-electron chi connectivity index (χ1n) is 4.67. The highest BCUT2D eigenvalue weighted by Crippen LogP contribution is 2.34. The number of nitro groups is 1. The van der Waals surface area contributed by atoms with Gasteiger partial charge in [-0.1, -0.05) is 6.07 Å². The van der Waals surface area contributed by atoms with E-state index in [1.165, 1.54) is 25.3 Å². The predicted octanol–water partition coefficient (Wildman–Crippen LogP) is 0.409. The summed E-state index contributed by atoms with van der Waals surface area (Å²) in [6.45, 7) is 0. The van der Waals surface area contributed by atoms with Crippen LogP contribution in [0.3, 0.4) is 0 Å². The molecule has 0 bridgehead atoms. The minimum atomic E-state index is -0.853. The molecule has 0 spiro atoms. The van der Waals surface area contributed by atoms with Crippen molar-refractivity contribution in [2.75, 3.05) is 12.4 Å². The number of para-hydroxylation sites is 1. The third kappa shape index (κ3) is 3.07. The molecule has 2 amide bonds. The first kappa shape index (κ1) is 13.2. The van der Waals surface area contributed by atoms with Crippen LogP contribution >= 0.6 is 0 Å². The number of urea groups is 1. The van der Waals surface area contributed by atoms with E-state index in [1.807, 2.05) is 0 Å². The molecular formula is C9H11N5O4. The van der Waals surface area contributed by atoms with Crippen LogP contribution < -0.4 is 21.5 Å². The molecule has 0 aliphatic heterocycles. The number of nitrogens with one attached hydrogen (secondary N) is 1. The first-order valence-corrected chi connectivity index (χ1v) is 4.67. The Bertz CT molecular complexity index is 510. The van der Waals surface area contributed by atoms with E-state index in [2.05, 4.69) is 10.3 Å². The van der Waals surface area contributed by atoms with Crippen LogP contribution in [0.1, 0.15) is 0 Å². The average molecular weight is 253 g/mol. The van der Waals surface area contributed by atoms with E-state index in [0.717, 1.165) is 0 Å². The zero-order valence-electron chi connectivity index (χ0n) is 9.41. The van der Waals surface area contributed by atoms with E-state index in [4.69, 9.17) is 16.2 Å². The molecule has 0 atom stereocenters. The molecule has 0 aliphatic carbocycles. The van der Waals surface area contributed by atoms with Crippen LogP contribution in [0.4, 0.5) is 16.2 Å². The molecule has 0 radical (unpaired) electrons. The lowest BCUT2D eigenvalue weighted by Crippen LogP contribution is -2.25. The number of ether oxygens (including phenoxy) is 1. The van der Waals surface area contributed by atoms with E-state index in [-0.39, 0.29) is 17.1 Å². The Morgan fingerprint density at radius 1 is 1.50 bits per heavy atom. The highest BCUT2D eigenvalue weighted by molar-refractivity contribution is 5.99. The zero-order valence-corrected chi connectivity index (χ0v) is 9.41. The molecule has 0 aliphatic rings. The monoisotopic (exact) mass is 253 g/mol. The van der Waals surface area contributed by atoms with Gasteiger partial charge in [0.1, 0.15) is 0 Å². The van der Waals surface area contributed by atoms with E-state index in [0.29, 0.717) is 0 Å². The summed E-state index contributed by atoms with van der Waals surface area (Å²) < 4.78 is 4.88. The van der Waals surface area contributed by atoms with Gasteiger partial charge in [-0.3, -0.25) is 10.1 Å². The number of nitrogens with zero attached hydrogens (tertiary/aromatic N) is 2. The number of guanidine groups is 1. The minimum Gasteiger partial charge on any atom is -0.489 e. The molecule has 1 aromatic rings. The Labute approximate surface area is 102 Å². The number of nitro benzene ring substituents is 1. The van der Waals surface area contributed by atoms with Gasteiger partial charge in [0.2, 0.25) is 5.75 Å². The first-order chi connectivity index (χ1) is 8.45. The Kier molecular flexibility index (Phi) is 4.02. The smallest absolute Gasteiger partial charge is 0.348 e. The molecule has 1 rings (SSSR count). The van der Waals surface area contributed by atoms with Crippen LogP contribution in [0, 0.1) is 10.1 Å². The summed E-state index contributed by atoms with van der Waals surface area (Å²) in [5.41, 5.74) is 9.87. The number of hydrogen-bond acceptors (Lipinski definition) is 4. The molecule has 5 N–H and O–H groups in total. The summed E-state index contributed by atoms with van der Waals surface area (Å²) in [5, 5.41) is 13.0. The van der Waals surface area contributed by atoms with Gasteiger partial charge in [-0.15, -0.1) is 0 Å².